The normalized spacial score (nSPS) is 22.4. The van der Waals surface area contributed by atoms with Gasteiger partial charge < -0.3 is 41.0 Å². The average molecular weight is 783 g/mol. The molecule has 2 rings (SSSR count). The molecule has 6 N–H and O–H groups in total. The molecular weight excluding hydrogens is 709 g/mol. The third-order valence-electron chi connectivity index (χ3n) is 9.82. The van der Waals surface area contributed by atoms with Crippen molar-refractivity contribution in [1.29, 1.82) is 0 Å². The van der Waals surface area contributed by atoms with Gasteiger partial charge in [-0.1, -0.05) is 73.1 Å². The second-order valence-electron chi connectivity index (χ2n) is 14.5. The van der Waals surface area contributed by atoms with Crippen molar-refractivity contribution in [2.24, 2.45) is 11.5 Å². The van der Waals surface area contributed by atoms with Crippen molar-refractivity contribution < 1.29 is 38.1 Å². The number of carbonyl (C=O) groups excluding carboxylic acids is 4. The van der Waals surface area contributed by atoms with Crippen LogP contribution in [0, 0.1) is 0 Å². The molecule has 2 aliphatic carbocycles. The van der Waals surface area contributed by atoms with Crippen molar-refractivity contribution in [2.75, 3.05) is 19.0 Å². The van der Waals surface area contributed by atoms with Gasteiger partial charge in [0.2, 0.25) is 11.8 Å². The molecule has 2 aliphatic rings. The van der Waals surface area contributed by atoms with Crippen LogP contribution in [0.3, 0.4) is 0 Å². The summed E-state index contributed by atoms with van der Waals surface area (Å²) in [6.07, 6.45) is 16.6. The molecule has 0 aromatic carbocycles. The molecule has 12 nitrogen and oxygen atoms in total. The van der Waals surface area contributed by atoms with E-state index in [1.54, 1.807) is 12.2 Å². The summed E-state index contributed by atoms with van der Waals surface area (Å²) in [5, 5.41) is 5.76. The van der Waals surface area contributed by atoms with Crippen LogP contribution in [0.2, 0.25) is 0 Å². The van der Waals surface area contributed by atoms with E-state index >= 15 is 0 Å². The highest BCUT2D eigenvalue weighted by molar-refractivity contribution is 7.80. The zero-order valence-electron chi connectivity index (χ0n) is 34.4. The lowest BCUT2D eigenvalue weighted by molar-refractivity contribution is -0.140. The van der Waals surface area contributed by atoms with Gasteiger partial charge in [-0.05, 0) is 75.7 Å². The molecule has 0 aliphatic heterocycles. The Morgan fingerprint density at radius 3 is 1.35 bits per heavy atom. The van der Waals surface area contributed by atoms with E-state index in [0.717, 1.165) is 70.0 Å². The van der Waals surface area contributed by atoms with E-state index in [1.807, 2.05) is 0 Å². The fourth-order valence-electron chi connectivity index (χ4n) is 6.58. The highest BCUT2D eigenvalue weighted by Crippen LogP contribution is 2.26. The number of rotatable bonds is 24. The van der Waals surface area contributed by atoms with E-state index in [0.29, 0.717) is 37.2 Å². The molecule has 0 saturated carbocycles. The van der Waals surface area contributed by atoms with Gasteiger partial charge in [-0.25, -0.2) is 9.59 Å². The second kappa shape index (κ2) is 28.9. The van der Waals surface area contributed by atoms with Crippen LogP contribution in [0.15, 0.2) is 23.3 Å². The number of amides is 2. The molecular formula is C41H74N4O8S. The largest absolute Gasteiger partial charge is 0.462 e. The number of unbranched alkanes of at least 4 members (excludes halogenated alkanes) is 7. The Morgan fingerprint density at radius 1 is 0.648 bits per heavy atom. The summed E-state index contributed by atoms with van der Waals surface area (Å²) in [5.74, 6) is -0.0773. The van der Waals surface area contributed by atoms with Crippen LogP contribution in [-0.4, -0.2) is 91.3 Å². The van der Waals surface area contributed by atoms with Crippen LogP contribution in [0.5, 0.6) is 0 Å². The minimum atomic E-state index is -0.430. The molecule has 6 atom stereocenters. The molecule has 0 aromatic rings. The third kappa shape index (κ3) is 19.4. The lowest BCUT2D eigenvalue weighted by Gasteiger charge is -2.36. The first kappa shape index (κ1) is 49.6. The van der Waals surface area contributed by atoms with Crippen LogP contribution in [0.25, 0.3) is 0 Å². The predicted molar refractivity (Wildman–Crippen MR) is 218 cm³/mol. The smallest absolute Gasteiger partial charge is 0.333 e. The minimum absolute atomic E-state index is 0.0527. The van der Waals surface area contributed by atoms with Crippen molar-refractivity contribution in [2.45, 2.75) is 193 Å². The van der Waals surface area contributed by atoms with Crippen molar-refractivity contribution in [1.82, 2.24) is 10.6 Å². The SMILES string of the molecule is CCC(CC)O[C@@H]1C=C(C(=O)OCCCCCCS)C[C@H](N)[C@H]1NC(C)=O.CCCCCCCOC(=O)C1=C[C@@H](OC(CC)CC)[C@H](NC(C)=O)[C@@H](N)C1. The molecule has 0 radical (unpaired) electrons. The summed E-state index contributed by atoms with van der Waals surface area (Å²) in [5.41, 5.74) is 13.6. The van der Waals surface area contributed by atoms with E-state index in [1.165, 1.54) is 33.1 Å². The molecule has 0 spiro atoms. The van der Waals surface area contributed by atoms with Crippen LogP contribution in [0.1, 0.15) is 145 Å². The number of carbonyl (C=O) groups is 4. The quantitative estimate of drug-likeness (QED) is 0.0443. The summed E-state index contributed by atoms with van der Waals surface area (Å²) in [6, 6.07) is -1.46. The zero-order chi connectivity index (χ0) is 40.5. The summed E-state index contributed by atoms with van der Waals surface area (Å²) in [6.45, 7) is 14.2. The van der Waals surface area contributed by atoms with Crippen molar-refractivity contribution in [3.63, 3.8) is 0 Å². The maximum absolute atomic E-state index is 12.4. The summed E-state index contributed by atoms with van der Waals surface area (Å²) in [4.78, 5) is 48.0. The summed E-state index contributed by atoms with van der Waals surface area (Å²) in [7, 11) is 0. The van der Waals surface area contributed by atoms with Gasteiger partial charge in [-0.2, -0.15) is 12.6 Å². The fourth-order valence-corrected chi connectivity index (χ4v) is 6.81. The lowest BCUT2D eigenvalue weighted by Crippen LogP contribution is -2.57. The number of ether oxygens (including phenoxy) is 4. The monoisotopic (exact) mass is 783 g/mol. The highest BCUT2D eigenvalue weighted by atomic mass is 32.1. The van der Waals surface area contributed by atoms with Crippen LogP contribution in [0.4, 0.5) is 0 Å². The molecule has 312 valence electrons. The van der Waals surface area contributed by atoms with Crippen LogP contribution < -0.4 is 22.1 Å². The maximum atomic E-state index is 12.4. The van der Waals surface area contributed by atoms with E-state index in [4.69, 9.17) is 30.4 Å². The topological polar surface area (TPSA) is 181 Å². The molecule has 2 amide bonds. The Morgan fingerprint density at radius 2 is 1.02 bits per heavy atom. The van der Waals surface area contributed by atoms with Gasteiger partial charge in [0.25, 0.3) is 0 Å². The third-order valence-corrected chi connectivity index (χ3v) is 10.1. The van der Waals surface area contributed by atoms with Crippen LogP contribution in [-0.2, 0) is 38.1 Å². The second-order valence-corrected chi connectivity index (χ2v) is 14.9. The highest BCUT2D eigenvalue weighted by Gasteiger charge is 2.37. The Kier molecular flexibility index (Phi) is 26.5. The zero-order valence-corrected chi connectivity index (χ0v) is 35.3. The van der Waals surface area contributed by atoms with Gasteiger partial charge in [0.05, 0.1) is 49.7 Å². The van der Waals surface area contributed by atoms with Gasteiger partial charge >= 0.3 is 11.9 Å². The van der Waals surface area contributed by atoms with Crippen molar-refractivity contribution in [3.8, 4) is 0 Å². The van der Waals surface area contributed by atoms with Gasteiger partial charge in [0.15, 0.2) is 0 Å². The molecule has 0 heterocycles. The van der Waals surface area contributed by atoms with Crippen LogP contribution >= 0.6 is 12.6 Å². The minimum Gasteiger partial charge on any atom is -0.462 e. The van der Waals surface area contributed by atoms with Gasteiger partial charge in [0.1, 0.15) is 0 Å². The molecule has 0 bridgehead atoms. The molecule has 0 fully saturated rings. The summed E-state index contributed by atoms with van der Waals surface area (Å²) < 4.78 is 23.1. The number of esters is 2. The van der Waals surface area contributed by atoms with E-state index in [2.05, 4.69) is 57.9 Å². The number of nitrogens with two attached hydrogens (primary N) is 2. The maximum Gasteiger partial charge on any atom is 0.333 e. The summed E-state index contributed by atoms with van der Waals surface area (Å²) >= 11 is 4.19. The molecule has 0 unspecified atom stereocenters. The van der Waals surface area contributed by atoms with E-state index < -0.39 is 18.2 Å². The van der Waals surface area contributed by atoms with Crippen molar-refractivity contribution >= 4 is 36.4 Å². The van der Waals surface area contributed by atoms with Gasteiger partial charge in [-0.3, -0.25) is 9.59 Å². The Labute approximate surface area is 331 Å². The Hall–Kier alpha value is -2.45. The first-order valence-electron chi connectivity index (χ1n) is 20.6. The number of hydrogen-bond donors (Lipinski definition) is 5. The number of thiol groups is 1. The van der Waals surface area contributed by atoms with Gasteiger partial charge in [0, 0.05) is 37.1 Å². The Bertz CT molecular complexity index is 1070. The first-order valence-corrected chi connectivity index (χ1v) is 21.2. The number of nitrogens with one attached hydrogen (secondary N) is 2. The molecule has 0 aromatic heterocycles. The molecule has 0 saturated heterocycles. The van der Waals surface area contributed by atoms with E-state index in [9.17, 15) is 19.2 Å². The predicted octanol–water partition coefficient (Wildman–Crippen LogP) is 5.99. The molecule has 13 heteroatoms. The number of hydrogen-bond acceptors (Lipinski definition) is 11. The lowest BCUT2D eigenvalue weighted by atomic mass is 9.88. The van der Waals surface area contributed by atoms with Gasteiger partial charge in [-0.15, -0.1) is 0 Å². The first-order chi connectivity index (χ1) is 25.8. The van der Waals surface area contributed by atoms with E-state index in [-0.39, 0.29) is 54.1 Å². The van der Waals surface area contributed by atoms with Crippen molar-refractivity contribution in [3.05, 3.63) is 23.3 Å². The molecule has 54 heavy (non-hydrogen) atoms. The Balaban J connectivity index is 0.000000540. The standard InChI is InChI=1S/C21H38N2O4.C20H36N2O4S/c1-5-8-9-10-11-12-26-21(25)16-13-18(22)20(23-15(4)24)19(14-16)27-17(6-2)7-3;1-4-16(5-2)26-18-13-15(12-17(21)19(18)22-14(3)23)20(24)25-10-8-6-7-9-11-27/h14,17-20H,5-13,22H2,1-4H3,(H,23,24);13,16-19,27H,4-12,21H2,1-3H3,(H,22,23)/t18-,19+,20+;17-,18+,19+/m00/s1. The fraction of sp³-hybridized carbons (Fsp3) is 0.805. The average Bonchev–Trinajstić information content (AvgIpc) is 3.14.